The van der Waals surface area contributed by atoms with E-state index in [9.17, 15) is 4.79 Å². The van der Waals surface area contributed by atoms with E-state index in [1.165, 1.54) is 0 Å². The van der Waals surface area contributed by atoms with Crippen molar-refractivity contribution in [3.05, 3.63) is 23.8 Å². The van der Waals surface area contributed by atoms with Crippen molar-refractivity contribution < 1.29 is 19.1 Å². The van der Waals surface area contributed by atoms with Crippen LogP contribution in [-0.4, -0.2) is 25.7 Å². The maximum atomic E-state index is 11.8. The number of amides is 1. The van der Waals surface area contributed by atoms with Gasteiger partial charge in [0.15, 0.2) is 11.5 Å². The van der Waals surface area contributed by atoms with E-state index in [0.717, 1.165) is 12.8 Å². The van der Waals surface area contributed by atoms with Crippen molar-refractivity contribution >= 4 is 5.91 Å². The van der Waals surface area contributed by atoms with Crippen molar-refractivity contribution in [3.8, 4) is 11.5 Å². The fourth-order valence-corrected chi connectivity index (χ4v) is 1.50. The summed E-state index contributed by atoms with van der Waals surface area (Å²) in [5, 5.41) is 0. The number of ether oxygens (including phenoxy) is 2. The molecule has 0 saturated heterocycles. The van der Waals surface area contributed by atoms with Crippen LogP contribution >= 0.6 is 0 Å². The Morgan fingerprint density at radius 2 is 1.70 bits per heavy atom. The molecule has 5 heteroatoms. The number of rotatable bonds is 9. The number of benzene rings is 1. The van der Waals surface area contributed by atoms with Crippen LogP contribution in [0.4, 0.5) is 0 Å². The summed E-state index contributed by atoms with van der Waals surface area (Å²) in [6.07, 6.45) is 1.81. The lowest BCUT2D eigenvalue weighted by atomic mass is 10.2. The molecule has 0 fully saturated rings. The molecule has 0 atom stereocenters. The summed E-state index contributed by atoms with van der Waals surface area (Å²) in [6.45, 7) is 7.49. The zero-order valence-corrected chi connectivity index (χ0v) is 12.4. The standard InChI is InChI=1S/C15H23NO4/c1-4-9-18-13-8-7-12(15(17)16-20-6-3)11-14(13)19-10-5-2/h7-8,11H,4-6,9-10H2,1-3H3,(H,16,17). The van der Waals surface area contributed by atoms with Gasteiger partial charge in [-0.15, -0.1) is 0 Å². The molecule has 0 aliphatic heterocycles. The molecule has 1 N–H and O–H groups in total. The average Bonchev–Trinajstić information content (AvgIpc) is 2.48. The third-order valence-electron chi connectivity index (χ3n) is 2.44. The fourth-order valence-electron chi connectivity index (χ4n) is 1.50. The van der Waals surface area contributed by atoms with E-state index >= 15 is 0 Å². The fraction of sp³-hybridized carbons (Fsp3) is 0.533. The number of carbonyl (C=O) groups is 1. The summed E-state index contributed by atoms with van der Waals surface area (Å²) in [7, 11) is 0. The molecule has 0 unspecified atom stereocenters. The van der Waals surface area contributed by atoms with Gasteiger partial charge < -0.3 is 9.47 Å². The highest BCUT2D eigenvalue weighted by molar-refractivity contribution is 5.94. The van der Waals surface area contributed by atoms with E-state index in [4.69, 9.17) is 14.3 Å². The molecule has 0 bridgehead atoms. The lowest BCUT2D eigenvalue weighted by molar-refractivity contribution is 0.0364. The van der Waals surface area contributed by atoms with Gasteiger partial charge in [0.2, 0.25) is 0 Å². The maximum Gasteiger partial charge on any atom is 0.274 e. The van der Waals surface area contributed by atoms with Crippen LogP contribution in [0, 0.1) is 0 Å². The van der Waals surface area contributed by atoms with Gasteiger partial charge in [-0.2, -0.15) is 0 Å². The van der Waals surface area contributed by atoms with Gasteiger partial charge in [0.25, 0.3) is 5.91 Å². The molecule has 112 valence electrons. The third-order valence-corrected chi connectivity index (χ3v) is 2.44. The molecule has 1 aromatic carbocycles. The maximum absolute atomic E-state index is 11.8. The lowest BCUT2D eigenvalue weighted by Crippen LogP contribution is -2.23. The third kappa shape index (κ3) is 5.09. The van der Waals surface area contributed by atoms with Crippen molar-refractivity contribution in [3.63, 3.8) is 0 Å². The second-order valence-electron chi connectivity index (χ2n) is 4.22. The van der Waals surface area contributed by atoms with Crippen LogP contribution in [0.25, 0.3) is 0 Å². The monoisotopic (exact) mass is 281 g/mol. The van der Waals surface area contributed by atoms with Crippen molar-refractivity contribution in [2.45, 2.75) is 33.6 Å². The van der Waals surface area contributed by atoms with Gasteiger partial charge in [-0.25, -0.2) is 5.48 Å². The van der Waals surface area contributed by atoms with Crippen LogP contribution < -0.4 is 15.0 Å². The van der Waals surface area contributed by atoms with Crippen LogP contribution in [0.3, 0.4) is 0 Å². The molecule has 0 heterocycles. The summed E-state index contributed by atoms with van der Waals surface area (Å²) in [4.78, 5) is 16.7. The summed E-state index contributed by atoms with van der Waals surface area (Å²) < 4.78 is 11.2. The largest absolute Gasteiger partial charge is 0.490 e. The molecule has 0 radical (unpaired) electrons. The molecule has 0 aromatic heterocycles. The zero-order valence-electron chi connectivity index (χ0n) is 12.4. The number of hydrogen-bond donors (Lipinski definition) is 1. The molecular formula is C15H23NO4. The Labute approximate surface area is 120 Å². The van der Waals surface area contributed by atoms with Crippen molar-refractivity contribution in [1.29, 1.82) is 0 Å². The molecule has 0 saturated carbocycles. The summed E-state index contributed by atoms with van der Waals surface area (Å²) in [6, 6.07) is 5.12. The highest BCUT2D eigenvalue weighted by Crippen LogP contribution is 2.28. The van der Waals surface area contributed by atoms with Gasteiger partial charge >= 0.3 is 0 Å². The predicted molar refractivity (Wildman–Crippen MR) is 77.1 cm³/mol. The van der Waals surface area contributed by atoms with E-state index in [1.54, 1.807) is 25.1 Å². The minimum atomic E-state index is -0.296. The quantitative estimate of drug-likeness (QED) is 0.707. The smallest absolute Gasteiger partial charge is 0.274 e. The first-order valence-corrected chi connectivity index (χ1v) is 7.04. The number of nitrogens with one attached hydrogen (secondary N) is 1. The molecule has 0 aliphatic carbocycles. The van der Waals surface area contributed by atoms with Gasteiger partial charge in [0.05, 0.1) is 19.8 Å². The van der Waals surface area contributed by atoms with Gasteiger partial charge in [-0.1, -0.05) is 13.8 Å². The molecule has 1 aromatic rings. The van der Waals surface area contributed by atoms with Crippen LogP contribution in [0.15, 0.2) is 18.2 Å². The molecular weight excluding hydrogens is 258 g/mol. The molecule has 0 aliphatic rings. The summed E-state index contributed by atoms with van der Waals surface area (Å²) in [5.74, 6) is 0.952. The first-order chi connectivity index (χ1) is 9.72. The Kier molecular flexibility index (Phi) is 7.50. The van der Waals surface area contributed by atoms with Gasteiger partial charge in [0, 0.05) is 5.56 Å². The highest BCUT2D eigenvalue weighted by Gasteiger charge is 2.11. The first-order valence-electron chi connectivity index (χ1n) is 7.04. The van der Waals surface area contributed by atoms with Gasteiger partial charge in [0.1, 0.15) is 0 Å². The van der Waals surface area contributed by atoms with Crippen molar-refractivity contribution in [1.82, 2.24) is 5.48 Å². The predicted octanol–water partition coefficient (Wildman–Crippen LogP) is 2.95. The van der Waals surface area contributed by atoms with E-state index in [2.05, 4.69) is 5.48 Å². The summed E-state index contributed by atoms with van der Waals surface area (Å²) >= 11 is 0. The Hall–Kier alpha value is -1.75. The van der Waals surface area contributed by atoms with Crippen molar-refractivity contribution in [2.24, 2.45) is 0 Å². The minimum Gasteiger partial charge on any atom is -0.490 e. The van der Waals surface area contributed by atoms with E-state index in [0.29, 0.717) is 36.9 Å². The summed E-state index contributed by atoms with van der Waals surface area (Å²) in [5.41, 5.74) is 2.84. The minimum absolute atomic E-state index is 0.296. The van der Waals surface area contributed by atoms with Crippen LogP contribution in [0.2, 0.25) is 0 Å². The topological polar surface area (TPSA) is 56.8 Å². The van der Waals surface area contributed by atoms with Gasteiger partial charge in [-0.3, -0.25) is 9.63 Å². The molecule has 20 heavy (non-hydrogen) atoms. The zero-order chi connectivity index (χ0) is 14.8. The number of carbonyl (C=O) groups excluding carboxylic acids is 1. The normalized spacial score (nSPS) is 10.2. The lowest BCUT2D eigenvalue weighted by Gasteiger charge is -2.13. The van der Waals surface area contributed by atoms with Crippen LogP contribution in [0.1, 0.15) is 44.0 Å². The Bertz CT molecular complexity index is 420. The first kappa shape index (κ1) is 16.3. The highest BCUT2D eigenvalue weighted by atomic mass is 16.6. The van der Waals surface area contributed by atoms with Crippen molar-refractivity contribution in [2.75, 3.05) is 19.8 Å². The molecule has 1 rings (SSSR count). The van der Waals surface area contributed by atoms with Crippen LogP contribution in [-0.2, 0) is 4.84 Å². The Balaban J connectivity index is 2.85. The van der Waals surface area contributed by atoms with Gasteiger partial charge in [-0.05, 0) is 38.0 Å². The second-order valence-corrected chi connectivity index (χ2v) is 4.22. The Morgan fingerprint density at radius 1 is 1.05 bits per heavy atom. The molecule has 0 spiro atoms. The van der Waals surface area contributed by atoms with E-state index in [-0.39, 0.29) is 5.91 Å². The number of hydroxylamine groups is 1. The Morgan fingerprint density at radius 3 is 2.30 bits per heavy atom. The molecule has 5 nitrogen and oxygen atoms in total. The van der Waals surface area contributed by atoms with Crippen LogP contribution in [0.5, 0.6) is 11.5 Å². The second kappa shape index (κ2) is 9.20. The number of hydrogen-bond acceptors (Lipinski definition) is 4. The van der Waals surface area contributed by atoms with E-state index < -0.39 is 0 Å². The van der Waals surface area contributed by atoms with E-state index in [1.807, 2.05) is 13.8 Å². The molecule has 1 amide bonds. The average molecular weight is 281 g/mol. The SMILES string of the molecule is CCCOc1ccc(C(=O)NOCC)cc1OCCC.